The van der Waals surface area contributed by atoms with Crippen molar-refractivity contribution in [1.29, 1.82) is 0 Å². The van der Waals surface area contributed by atoms with Gasteiger partial charge in [-0.15, -0.1) is 0 Å². The Hall–Kier alpha value is -3.56. The number of carbonyl (C=O) groups is 2. The Morgan fingerprint density at radius 2 is 1.63 bits per heavy atom. The van der Waals surface area contributed by atoms with Gasteiger partial charge in [-0.1, -0.05) is 71.8 Å². The Bertz CT molecular complexity index is 1490. The van der Waals surface area contributed by atoms with Crippen LogP contribution in [0.2, 0.25) is 5.02 Å². The molecule has 2 amide bonds. The number of halogens is 1. The number of amides is 2. The smallest absolute Gasteiger partial charge is 0.243 e. The third-order valence-corrected chi connectivity index (χ3v) is 8.31. The summed E-state index contributed by atoms with van der Waals surface area (Å²) >= 11 is 6.27. The number of anilines is 1. The first-order valence-corrected chi connectivity index (χ1v) is 16.4. The van der Waals surface area contributed by atoms with Crippen molar-refractivity contribution in [3.05, 3.63) is 94.5 Å². The van der Waals surface area contributed by atoms with Crippen LogP contribution in [0.15, 0.2) is 72.8 Å². The van der Waals surface area contributed by atoms with E-state index in [0.717, 1.165) is 22.9 Å². The number of benzene rings is 3. The minimum Gasteiger partial charge on any atom is -0.495 e. The van der Waals surface area contributed by atoms with Gasteiger partial charge in [0.1, 0.15) is 11.8 Å². The normalized spacial score (nSPS) is 12.3. The van der Waals surface area contributed by atoms with Crippen LogP contribution in [0.4, 0.5) is 5.69 Å². The molecule has 0 radical (unpaired) electrons. The molecular weight excluding hydrogens is 586 g/mol. The van der Waals surface area contributed by atoms with E-state index in [4.69, 9.17) is 16.3 Å². The molecule has 1 atom stereocenters. The highest BCUT2D eigenvalue weighted by molar-refractivity contribution is 7.92. The molecule has 0 spiro atoms. The van der Waals surface area contributed by atoms with Crippen molar-refractivity contribution >= 4 is 39.1 Å². The Labute approximate surface area is 261 Å². The second kappa shape index (κ2) is 14.8. The molecule has 10 heteroatoms. The zero-order valence-electron chi connectivity index (χ0n) is 25.8. The van der Waals surface area contributed by atoms with Gasteiger partial charge in [-0.05, 0) is 63.4 Å². The molecule has 0 aliphatic heterocycles. The van der Waals surface area contributed by atoms with Crippen LogP contribution in [0.5, 0.6) is 5.75 Å². The molecule has 1 N–H and O–H groups in total. The van der Waals surface area contributed by atoms with E-state index < -0.39 is 21.6 Å². The molecule has 3 aromatic carbocycles. The fraction of sp³-hybridized carbons (Fsp3) is 0.394. The lowest BCUT2D eigenvalue weighted by Crippen LogP contribution is -2.54. The van der Waals surface area contributed by atoms with Gasteiger partial charge in [0, 0.05) is 31.5 Å². The molecule has 43 heavy (non-hydrogen) atoms. The van der Waals surface area contributed by atoms with E-state index >= 15 is 0 Å². The quantitative estimate of drug-likeness (QED) is 0.260. The van der Waals surface area contributed by atoms with E-state index in [1.54, 1.807) is 17.0 Å². The summed E-state index contributed by atoms with van der Waals surface area (Å²) < 4.78 is 31.8. The third kappa shape index (κ3) is 10.3. The number of ether oxygens (including phenoxy) is 1. The minimum absolute atomic E-state index is 0.0376. The summed E-state index contributed by atoms with van der Waals surface area (Å²) in [7, 11) is -2.19. The van der Waals surface area contributed by atoms with Crippen LogP contribution in [-0.4, -0.2) is 56.6 Å². The zero-order chi connectivity index (χ0) is 31.8. The summed E-state index contributed by atoms with van der Waals surface area (Å²) in [5.41, 5.74) is 2.79. The summed E-state index contributed by atoms with van der Waals surface area (Å²) in [6, 6.07) is 21.4. The molecule has 3 aromatic rings. The van der Waals surface area contributed by atoms with E-state index in [1.165, 1.54) is 17.5 Å². The van der Waals surface area contributed by atoms with Gasteiger partial charge < -0.3 is 15.0 Å². The van der Waals surface area contributed by atoms with Crippen LogP contribution in [0, 0.1) is 6.92 Å². The van der Waals surface area contributed by atoms with Crippen molar-refractivity contribution < 1.29 is 22.7 Å². The Balaban J connectivity index is 1.90. The number of nitrogens with zero attached hydrogens (tertiary/aromatic N) is 2. The molecule has 0 fully saturated rings. The molecule has 0 heterocycles. The van der Waals surface area contributed by atoms with E-state index in [9.17, 15) is 18.0 Å². The highest BCUT2D eigenvalue weighted by atomic mass is 35.5. The van der Waals surface area contributed by atoms with Gasteiger partial charge in [-0.3, -0.25) is 13.9 Å². The van der Waals surface area contributed by atoms with Crippen molar-refractivity contribution in [2.45, 2.75) is 65.1 Å². The Kier molecular flexibility index (Phi) is 11.6. The predicted molar refractivity (Wildman–Crippen MR) is 173 cm³/mol. The first kappa shape index (κ1) is 33.9. The largest absolute Gasteiger partial charge is 0.495 e. The lowest BCUT2D eigenvalue weighted by molar-refractivity contribution is -0.142. The van der Waals surface area contributed by atoms with Crippen LogP contribution in [0.3, 0.4) is 0 Å². The SMILES string of the molecule is COc1ccc(N(CCCC(=O)N(Cc2ccc(C)cc2)C(Cc2ccccc2)C(=O)NC(C)(C)C)S(C)(=O)=O)cc1Cl. The van der Waals surface area contributed by atoms with Crippen LogP contribution in [0.1, 0.15) is 50.3 Å². The second-order valence-electron chi connectivity index (χ2n) is 11.7. The lowest BCUT2D eigenvalue weighted by atomic mass is 10.00. The highest BCUT2D eigenvalue weighted by Gasteiger charge is 2.32. The summed E-state index contributed by atoms with van der Waals surface area (Å²) in [4.78, 5) is 29.3. The molecular formula is C33H42ClN3O5S. The standard InChI is InChI=1S/C33H42ClN3O5S/c1-24-14-16-26(17-15-24)23-36(29(32(39)35-33(2,3)4)21-25-11-8-7-9-12-25)31(38)13-10-20-37(43(6,40)41)27-18-19-30(42-5)28(34)22-27/h7-9,11-12,14-19,22,29H,10,13,20-21,23H2,1-6H3,(H,35,39). The van der Waals surface area contributed by atoms with E-state index in [1.807, 2.05) is 82.3 Å². The van der Waals surface area contributed by atoms with Crippen LogP contribution in [0.25, 0.3) is 0 Å². The fourth-order valence-electron chi connectivity index (χ4n) is 4.71. The van der Waals surface area contributed by atoms with Gasteiger partial charge in [0.2, 0.25) is 21.8 Å². The molecule has 8 nitrogen and oxygen atoms in total. The lowest BCUT2D eigenvalue weighted by Gasteiger charge is -2.34. The number of carbonyl (C=O) groups excluding carboxylic acids is 2. The maximum atomic E-state index is 14.0. The van der Waals surface area contributed by atoms with Gasteiger partial charge in [0.25, 0.3) is 0 Å². The zero-order valence-corrected chi connectivity index (χ0v) is 27.3. The number of aryl methyl sites for hydroxylation is 1. The van der Waals surface area contributed by atoms with Crippen molar-refractivity contribution in [1.82, 2.24) is 10.2 Å². The first-order valence-electron chi connectivity index (χ1n) is 14.2. The summed E-state index contributed by atoms with van der Waals surface area (Å²) in [6.07, 6.45) is 1.72. The average Bonchev–Trinajstić information content (AvgIpc) is 2.92. The highest BCUT2D eigenvalue weighted by Crippen LogP contribution is 2.30. The molecule has 0 aromatic heterocycles. The number of methoxy groups -OCH3 is 1. The van der Waals surface area contributed by atoms with Gasteiger partial charge in [-0.25, -0.2) is 8.42 Å². The van der Waals surface area contributed by atoms with Crippen LogP contribution < -0.4 is 14.4 Å². The third-order valence-electron chi connectivity index (χ3n) is 6.82. The van der Waals surface area contributed by atoms with Crippen molar-refractivity contribution in [3.63, 3.8) is 0 Å². The van der Waals surface area contributed by atoms with E-state index in [2.05, 4.69) is 5.32 Å². The number of hydrogen-bond donors (Lipinski definition) is 1. The Morgan fingerprint density at radius 1 is 0.977 bits per heavy atom. The van der Waals surface area contributed by atoms with Gasteiger partial charge >= 0.3 is 0 Å². The first-order chi connectivity index (χ1) is 20.2. The van der Waals surface area contributed by atoms with Crippen molar-refractivity contribution in [2.75, 3.05) is 24.2 Å². The monoisotopic (exact) mass is 627 g/mol. The Morgan fingerprint density at radius 3 is 2.19 bits per heavy atom. The maximum absolute atomic E-state index is 14.0. The fourth-order valence-corrected chi connectivity index (χ4v) is 5.92. The van der Waals surface area contributed by atoms with Crippen LogP contribution in [-0.2, 0) is 32.6 Å². The topological polar surface area (TPSA) is 96.0 Å². The molecule has 0 aliphatic rings. The molecule has 0 saturated carbocycles. The summed E-state index contributed by atoms with van der Waals surface area (Å²) in [6.45, 7) is 8.00. The minimum atomic E-state index is -3.67. The summed E-state index contributed by atoms with van der Waals surface area (Å²) in [5.74, 6) is -0.0620. The molecule has 0 bridgehead atoms. The second-order valence-corrected chi connectivity index (χ2v) is 14.0. The summed E-state index contributed by atoms with van der Waals surface area (Å²) in [5, 5.41) is 3.34. The van der Waals surface area contributed by atoms with Crippen molar-refractivity contribution in [2.24, 2.45) is 0 Å². The van der Waals surface area contributed by atoms with Gasteiger partial charge in [0.15, 0.2) is 0 Å². The van der Waals surface area contributed by atoms with E-state index in [-0.39, 0.29) is 42.8 Å². The van der Waals surface area contributed by atoms with Gasteiger partial charge in [0.05, 0.1) is 24.1 Å². The molecule has 232 valence electrons. The molecule has 0 saturated heterocycles. The van der Waals surface area contributed by atoms with Gasteiger partial charge in [-0.2, -0.15) is 0 Å². The molecule has 0 aliphatic carbocycles. The number of hydrogen-bond acceptors (Lipinski definition) is 5. The molecule has 1 unspecified atom stereocenters. The number of sulfonamides is 1. The van der Waals surface area contributed by atoms with Crippen LogP contribution >= 0.6 is 11.6 Å². The maximum Gasteiger partial charge on any atom is 0.243 e. The predicted octanol–water partition coefficient (Wildman–Crippen LogP) is 5.76. The number of rotatable bonds is 13. The average molecular weight is 628 g/mol. The number of nitrogens with one attached hydrogen (secondary N) is 1. The molecule has 3 rings (SSSR count). The van der Waals surface area contributed by atoms with Crippen molar-refractivity contribution in [3.8, 4) is 5.75 Å². The van der Waals surface area contributed by atoms with E-state index in [0.29, 0.717) is 17.9 Å².